The van der Waals surface area contributed by atoms with Gasteiger partial charge in [-0.25, -0.2) is 15.0 Å². The monoisotopic (exact) mass is 199 g/mol. The first-order valence-electron chi connectivity index (χ1n) is 4.62. The van der Waals surface area contributed by atoms with Crippen molar-refractivity contribution < 1.29 is 0 Å². The van der Waals surface area contributed by atoms with E-state index in [1.54, 1.807) is 12.5 Å². The Hall–Kier alpha value is -2.17. The van der Waals surface area contributed by atoms with Crippen LogP contribution in [0.25, 0.3) is 22.7 Å². The van der Waals surface area contributed by atoms with E-state index in [2.05, 4.69) is 19.9 Å². The van der Waals surface area contributed by atoms with Crippen molar-refractivity contribution in [2.24, 2.45) is 7.05 Å². The van der Waals surface area contributed by atoms with Gasteiger partial charge in [0.05, 0.1) is 18.2 Å². The molecule has 0 unspecified atom stereocenters. The molecule has 3 rings (SSSR count). The van der Waals surface area contributed by atoms with Gasteiger partial charge in [-0.2, -0.15) is 0 Å². The summed E-state index contributed by atoms with van der Waals surface area (Å²) in [7, 11) is 1.97. The second-order valence-electron chi connectivity index (χ2n) is 3.34. The normalized spacial score (nSPS) is 11.0. The van der Waals surface area contributed by atoms with E-state index in [0.717, 1.165) is 11.2 Å². The largest absolute Gasteiger partial charge is 0.348 e. The predicted octanol–water partition coefficient (Wildman–Crippen LogP) is 1.36. The van der Waals surface area contributed by atoms with Crippen LogP contribution in [0.2, 0.25) is 0 Å². The first-order chi connectivity index (χ1) is 7.34. The molecule has 3 aromatic heterocycles. The quantitative estimate of drug-likeness (QED) is 0.643. The van der Waals surface area contributed by atoms with E-state index in [1.165, 1.54) is 0 Å². The van der Waals surface area contributed by atoms with Gasteiger partial charge >= 0.3 is 0 Å². The molecule has 0 radical (unpaired) electrons. The van der Waals surface area contributed by atoms with Crippen LogP contribution in [-0.2, 0) is 7.05 Å². The van der Waals surface area contributed by atoms with Crippen LogP contribution in [0.4, 0.5) is 0 Å². The number of nitrogens with one attached hydrogen (secondary N) is 1. The van der Waals surface area contributed by atoms with Gasteiger partial charge < -0.3 is 9.55 Å². The fraction of sp³-hybridized carbons (Fsp3) is 0.100. The van der Waals surface area contributed by atoms with E-state index in [9.17, 15) is 0 Å². The van der Waals surface area contributed by atoms with Crippen molar-refractivity contribution in [3.63, 3.8) is 0 Å². The molecule has 0 aliphatic heterocycles. The van der Waals surface area contributed by atoms with E-state index in [0.29, 0.717) is 11.5 Å². The highest BCUT2D eigenvalue weighted by atomic mass is 15.0. The lowest BCUT2D eigenvalue weighted by atomic mass is 10.4. The van der Waals surface area contributed by atoms with Crippen molar-refractivity contribution in [2.45, 2.75) is 0 Å². The number of aromatic amines is 1. The number of nitrogens with zero attached hydrogens (tertiary/aromatic N) is 4. The summed E-state index contributed by atoms with van der Waals surface area (Å²) >= 11 is 0. The van der Waals surface area contributed by atoms with Gasteiger partial charge in [0.15, 0.2) is 11.5 Å². The maximum Gasteiger partial charge on any atom is 0.181 e. The molecule has 5 heteroatoms. The summed E-state index contributed by atoms with van der Waals surface area (Å²) in [5, 5.41) is 0. The lowest BCUT2D eigenvalue weighted by Gasteiger charge is -2.00. The van der Waals surface area contributed by atoms with Crippen LogP contribution >= 0.6 is 0 Å². The molecular formula is C10H9N5. The Labute approximate surface area is 85.8 Å². The van der Waals surface area contributed by atoms with Gasteiger partial charge in [0.25, 0.3) is 0 Å². The lowest BCUT2D eigenvalue weighted by Crippen LogP contribution is -1.95. The van der Waals surface area contributed by atoms with Crippen LogP contribution in [0.3, 0.4) is 0 Å². The van der Waals surface area contributed by atoms with Crippen LogP contribution in [0.15, 0.2) is 30.9 Å². The molecule has 0 saturated heterocycles. The zero-order chi connectivity index (χ0) is 10.3. The van der Waals surface area contributed by atoms with Gasteiger partial charge in [-0.3, -0.25) is 0 Å². The number of hydrogen-bond acceptors (Lipinski definition) is 3. The highest BCUT2D eigenvalue weighted by Gasteiger charge is 2.06. The van der Waals surface area contributed by atoms with E-state index >= 15 is 0 Å². The topological polar surface area (TPSA) is 59.4 Å². The molecule has 0 aliphatic carbocycles. The number of aromatic nitrogens is 5. The molecule has 0 atom stereocenters. The summed E-state index contributed by atoms with van der Waals surface area (Å²) in [5.74, 6) is 0.696. The number of hydrogen-bond donors (Lipinski definition) is 1. The van der Waals surface area contributed by atoms with Gasteiger partial charge in [-0.15, -0.1) is 0 Å². The van der Waals surface area contributed by atoms with Gasteiger partial charge in [-0.05, 0) is 12.1 Å². The fourth-order valence-corrected chi connectivity index (χ4v) is 1.55. The number of aryl methyl sites for hydroxylation is 1. The third-order valence-corrected chi connectivity index (χ3v) is 2.35. The summed E-state index contributed by atoms with van der Waals surface area (Å²) in [6.07, 6.45) is 5.33. The lowest BCUT2D eigenvalue weighted by molar-refractivity contribution is 0.923. The van der Waals surface area contributed by atoms with E-state index < -0.39 is 0 Å². The van der Waals surface area contributed by atoms with Crippen molar-refractivity contribution in [1.82, 2.24) is 24.5 Å². The SMILES string of the molecule is Cn1cccc1-c1ncc2[nH]cnc2n1. The Bertz CT molecular complexity index is 607. The minimum absolute atomic E-state index is 0.696. The Balaban J connectivity index is 2.23. The molecule has 5 nitrogen and oxygen atoms in total. The molecule has 0 fully saturated rings. The molecule has 15 heavy (non-hydrogen) atoms. The summed E-state index contributed by atoms with van der Waals surface area (Å²) < 4.78 is 1.98. The second kappa shape index (κ2) is 2.91. The summed E-state index contributed by atoms with van der Waals surface area (Å²) in [4.78, 5) is 15.7. The van der Waals surface area contributed by atoms with Gasteiger partial charge in [0.2, 0.25) is 0 Å². The van der Waals surface area contributed by atoms with Crippen LogP contribution in [0.5, 0.6) is 0 Å². The summed E-state index contributed by atoms with van der Waals surface area (Å²) in [6.45, 7) is 0. The van der Waals surface area contributed by atoms with Crippen molar-refractivity contribution in [3.05, 3.63) is 30.9 Å². The highest BCUT2D eigenvalue weighted by Crippen LogP contribution is 2.15. The number of imidazole rings is 1. The van der Waals surface area contributed by atoms with Crippen LogP contribution in [-0.4, -0.2) is 24.5 Å². The smallest absolute Gasteiger partial charge is 0.181 e. The van der Waals surface area contributed by atoms with Gasteiger partial charge in [0.1, 0.15) is 5.52 Å². The summed E-state index contributed by atoms with van der Waals surface area (Å²) in [5.41, 5.74) is 2.54. The van der Waals surface area contributed by atoms with Crippen molar-refractivity contribution in [3.8, 4) is 11.5 Å². The van der Waals surface area contributed by atoms with Crippen molar-refractivity contribution in [1.29, 1.82) is 0 Å². The molecule has 0 aromatic carbocycles. The summed E-state index contributed by atoms with van der Waals surface area (Å²) in [6, 6.07) is 3.95. The molecule has 0 saturated carbocycles. The van der Waals surface area contributed by atoms with E-state index in [4.69, 9.17) is 0 Å². The highest BCUT2D eigenvalue weighted by molar-refractivity contribution is 5.71. The maximum absolute atomic E-state index is 4.36. The van der Waals surface area contributed by atoms with Gasteiger partial charge in [0, 0.05) is 13.2 Å². The Morgan fingerprint density at radius 3 is 3.07 bits per heavy atom. The number of H-pyrrole nitrogens is 1. The van der Waals surface area contributed by atoms with Gasteiger partial charge in [-0.1, -0.05) is 0 Å². The molecule has 3 heterocycles. The standard InChI is InChI=1S/C10H9N5/c1-15-4-2-3-8(15)10-11-5-7-9(14-10)13-6-12-7/h2-6H,1H3,(H,11,12,13,14). The zero-order valence-corrected chi connectivity index (χ0v) is 8.18. The first-order valence-corrected chi connectivity index (χ1v) is 4.62. The van der Waals surface area contributed by atoms with Crippen LogP contribution in [0.1, 0.15) is 0 Å². The van der Waals surface area contributed by atoms with Crippen LogP contribution < -0.4 is 0 Å². The van der Waals surface area contributed by atoms with E-state index in [-0.39, 0.29) is 0 Å². The Morgan fingerprint density at radius 1 is 1.33 bits per heavy atom. The molecule has 0 spiro atoms. The van der Waals surface area contributed by atoms with Crippen molar-refractivity contribution >= 4 is 11.2 Å². The third-order valence-electron chi connectivity index (χ3n) is 2.35. The number of rotatable bonds is 1. The molecule has 0 aliphatic rings. The predicted molar refractivity (Wildman–Crippen MR) is 56.1 cm³/mol. The van der Waals surface area contributed by atoms with E-state index in [1.807, 2.05) is 29.9 Å². The minimum Gasteiger partial charge on any atom is -0.348 e. The zero-order valence-electron chi connectivity index (χ0n) is 8.18. The Morgan fingerprint density at radius 2 is 2.27 bits per heavy atom. The van der Waals surface area contributed by atoms with Crippen molar-refractivity contribution in [2.75, 3.05) is 0 Å². The number of fused-ring (bicyclic) bond motifs is 1. The second-order valence-corrected chi connectivity index (χ2v) is 3.34. The average Bonchev–Trinajstić information content (AvgIpc) is 2.84. The third kappa shape index (κ3) is 1.20. The molecular weight excluding hydrogens is 190 g/mol. The van der Waals surface area contributed by atoms with Crippen LogP contribution in [0, 0.1) is 0 Å². The average molecular weight is 199 g/mol. The fourth-order valence-electron chi connectivity index (χ4n) is 1.55. The molecule has 1 N–H and O–H groups in total. The first kappa shape index (κ1) is 8.16. The Kier molecular flexibility index (Phi) is 1.58. The molecule has 0 bridgehead atoms. The minimum atomic E-state index is 0.696. The maximum atomic E-state index is 4.36. The molecule has 3 aromatic rings. The molecule has 0 amide bonds. The molecule has 74 valence electrons.